The zero-order valence-corrected chi connectivity index (χ0v) is 11.2. The smallest absolute Gasteiger partial charge is 0.225 e. The lowest BCUT2D eigenvalue weighted by molar-refractivity contribution is -0.121. The second kappa shape index (κ2) is 4.42. The first-order valence-corrected chi connectivity index (χ1v) is 8.13. The van der Waals surface area contributed by atoms with Crippen molar-refractivity contribution in [3.05, 3.63) is 22.4 Å². The number of thiophene rings is 1. The molecule has 0 bridgehead atoms. The molecule has 2 heterocycles. The topological polar surface area (TPSA) is 63.2 Å². The van der Waals surface area contributed by atoms with Gasteiger partial charge in [-0.15, -0.1) is 11.3 Å². The molecule has 0 saturated carbocycles. The van der Waals surface area contributed by atoms with E-state index in [9.17, 15) is 13.2 Å². The predicted octanol–water partition coefficient (Wildman–Crippen LogP) is 0.984. The van der Waals surface area contributed by atoms with Crippen molar-refractivity contribution < 1.29 is 13.2 Å². The van der Waals surface area contributed by atoms with Gasteiger partial charge in [0, 0.05) is 4.88 Å². The molecule has 1 aliphatic rings. The Morgan fingerprint density at radius 1 is 1.59 bits per heavy atom. The van der Waals surface area contributed by atoms with E-state index in [2.05, 4.69) is 5.32 Å². The Kier molecular flexibility index (Phi) is 3.27. The second-order valence-corrected chi connectivity index (χ2v) is 7.92. The van der Waals surface area contributed by atoms with Gasteiger partial charge in [0.1, 0.15) is 0 Å². The van der Waals surface area contributed by atoms with Crippen LogP contribution in [0.3, 0.4) is 0 Å². The van der Waals surface area contributed by atoms with Crippen LogP contribution in [-0.4, -0.2) is 31.4 Å². The molecule has 94 valence electrons. The van der Waals surface area contributed by atoms with Crippen LogP contribution in [0.1, 0.15) is 18.2 Å². The van der Waals surface area contributed by atoms with Crippen LogP contribution >= 0.6 is 11.3 Å². The lowest BCUT2D eigenvalue weighted by atomic mass is 10.0. The molecule has 6 heteroatoms. The van der Waals surface area contributed by atoms with E-state index in [1.54, 1.807) is 6.92 Å². The van der Waals surface area contributed by atoms with Crippen molar-refractivity contribution >= 4 is 27.1 Å². The average Bonchev–Trinajstić information content (AvgIpc) is 2.74. The van der Waals surface area contributed by atoms with Gasteiger partial charge >= 0.3 is 0 Å². The molecule has 1 aromatic rings. The third kappa shape index (κ3) is 3.29. The molecule has 1 N–H and O–H groups in total. The number of rotatable bonds is 3. The van der Waals surface area contributed by atoms with Crippen molar-refractivity contribution in [2.24, 2.45) is 0 Å². The van der Waals surface area contributed by atoms with E-state index in [1.165, 1.54) is 11.3 Å². The van der Waals surface area contributed by atoms with Gasteiger partial charge in [-0.05, 0) is 24.8 Å². The zero-order valence-electron chi connectivity index (χ0n) is 9.60. The molecule has 1 fully saturated rings. The number of sulfone groups is 1. The fraction of sp³-hybridized carbons (Fsp3) is 0.545. The first kappa shape index (κ1) is 12.6. The van der Waals surface area contributed by atoms with Crippen LogP contribution in [-0.2, 0) is 21.1 Å². The van der Waals surface area contributed by atoms with E-state index < -0.39 is 15.4 Å². The molecular formula is C11H15NO3S2. The summed E-state index contributed by atoms with van der Waals surface area (Å²) < 4.78 is 22.8. The molecule has 0 spiro atoms. The summed E-state index contributed by atoms with van der Waals surface area (Å²) in [5.41, 5.74) is -0.590. The van der Waals surface area contributed by atoms with Crippen LogP contribution in [0, 0.1) is 0 Å². The number of hydrogen-bond acceptors (Lipinski definition) is 4. The fourth-order valence-corrected chi connectivity index (χ4v) is 4.86. The standard InChI is InChI=1S/C11H15NO3S2/c1-11(4-6-17(14,15)8-11)12-10(13)7-9-3-2-5-16-9/h2-3,5H,4,6-8H2,1H3,(H,12,13)/t11-/m1/s1. The Balaban J connectivity index is 1.95. The SMILES string of the molecule is C[C@@]1(NC(=O)Cc2cccs2)CCS(=O)(=O)C1. The van der Waals surface area contributed by atoms with Crippen molar-refractivity contribution in [3.8, 4) is 0 Å². The fourth-order valence-electron chi connectivity index (χ4n) is 2.06. The van der Waals surface area contributed by atoms with Crippen LogP contribution in [0.4, 0.5) is 0 Å². The lowest BCUT2D eigenvalue weighted by Gasteiger charge is -2.23. The summed E-state index contributed by atoms with van der Waals surface area (Å²) >= 11 is 1.53. The minimum Gasteiger partial charge on any atom is -0.350 e. The number of carbonyl (C=O) groups excluding carboxylic acids is 1. The predicted molar refractivity (Wildman–Crippen MR) is 67.8 cm³/mol. The third-order valence-corrected chi connectivity index (χ3v) is 5.64. The van der Waals surface area contributed by atoms with Gasteiger partial charge in [0.15, 0.2) is 9.84 Å². The lowest BCUT2D eigenvalue weighted by Crippen LogP contribution is -2.47. The zero-order chi connectivity index (χ0) is 12.5. The van der Waals surface area contributed by atoms with Crippen LogP contribution in [0.2, 0.25) is 0 Å². The van der Waals surface area contributed by atoms with Gasteiger partial charge in [-0.25, -0.2) is 8.42 Å². The first-order valence-electron chi connectivity index (χ1n) is 5.42. The van der Waals surface area contributed by atoms with E-state index in [0.29, 0.717) is 12.8 Å². The van der Waals surface area contributed by atoms with Gasteiger partial charge in [-0.3, -0.25) is 4.79 Å². The molecule has 2 rings (SSSR count). The van der Waals surface area contributed by atoms with Crippen molar-refractivity contribution in [1.82, 2.24) is 5.32 Å². The van der Waals surface area contributed by atoms with Crippen LogP contribution in [0.5, 0.6) is 0 Å². The third-order valence-electron chi connectivity index (χ3n) is 2.86. The minimum atomic E-state index is -2.97. The Hall–Kier alpha value is -0.880. The summed E-state index contributed by atoms with van der Waals surface area (Å²) in [7, 11) is -2.97. The second-order valence-electron chi connectivity index (χ2n) is 4.71. The maximum absolute atomic E-state index is 11.8. The van der Waals surface area contributed by atoms with Crippen molar-refractivity contribution in [2.75, 3.05) is 11.5 Å². The summed E-state index contributed by atoms with van der Waals surface area (Å²) in [5, 5.41) is 4.76. The molecule has 0 aromatic carbocycles. The van der Waals surface area contributed by atoms with Gasteiger partial charge in [-0.1, -0.05) is 6.07 Å². The van der Waals surface area contributed by atoms with E-state index in [0.717, 1.165) is 4.88 Å². The highest BCUT2D eigenvalue weighted by Crippen LogP contribution is 2.23. The molecule has 4 nitrogen and oxygen atoms in total. The van der Waals surface area contributed by atoms with Crippen molar-refractivity contribution in [1.29, 1.82) is 0 Å². The van der Waals surface area contributed by atoms with Gasteiger partial charge in [-0.2, -0.15) is 0 Å². The molecule has 0 unspecified atom stereocenters. The molecule has 0 radical (unpaired) electrons. The van der Waals surface area contributed by atoms with Crippen LogP contribution in [0.15, 0.2) is 17.5 Å². The van der Waals surface area contributed by atoms with Gasteiger partial charge in [0.25, 0.3) is 0 Å². The Bertz CT molecular complexity index is 507. The summed E-state index contributed by atoms with van der Waals surface area (Å²) in [6.45, 7) is 1.80. The highest BCUT2D eigenvalue weighted by atomic mass is 32.2. The molecule has 1 aliphatic heterocycles. The highest BCUT2D eigenvalue weighted by molar-refractivity contribution is 7.91. The normalized spacial score (nSPS) is 26.9. The van der Waals surface area contributed by atoms with E-state index in [-0.39, 0.29) is 17.4 Å². The van der Waals surface area contributed by atoms with Gasteiger partial charge < -0.3 is 5.32 Å². The average molecular weight is 273 g/mol. The number of amides is 1. The molecule has 1 atom stereocenters. The first-order chi connectivity index (χ1) is 7.89. The Morgan fingerprint density at radius 2 is 2.35 bits per heavy atom. The number of carbonyl (C=O) groups is 1. The molecule has 1 amide bonds. The summed E-state index contributed by atoms with van der Waals surface area (Å²) in [5.74, 6) is 0.117. The van der Waals surface area contributed by atoms with Crippen LogP contribution in [0.25, 0.3) is 0 Å². The van der Waals surface area contributed by atoms with E-state index >= 15 is 0 Å². The molecule has 17 heavy (non-hydrogen) atoms. The molecule has 1 saturated heterocycles. The maximum atomic E-state index is 11.8. The van der Waals surface area contributed by atoms with E-state index in [1.807, 2.05) is 17.5 Å². The maximum Gasteiger partial charge on any atom is 0.225 e. The highest BCUT2D eigenvalue weighted by Gasteiger charge is 2.39. The minimum absolute atomic E-state index is 0.0518. The summed E-state index contributed by atoms with van der Waals surface area (Å²) in [6.07, 6.45) is 0.832. The molecule has 1 aromatic heterocycles. The van der Waals surface area contributed by atoms with Gasteiger partial charge in [0.05, 0.1) is 23.5 Å². The largest absolute Gasteiger partial charge is 0.350 e. The van der Waals surface area contributed by atoms with Gasteiger partial charge in [0.2, 0.25) is 5.91 Å². The molecular weight excluding hydrogens is 258 g/mol. The quantitative estimate of drug-likeness (QED) is 0.893. The number of hydrogen-bond donors (Lipinski definition) is 1. The van der Waals surface area contributed by atoms with Crippen molar-refractivity contribution in [3.63, 3.8) is 0 Å². The Labute approximate surface area is 105 Å². The van der Waals surface area contributed by atoms with Crippen LogP contribution < -0.4 is 5.32 Å². The summed E-state index contributed by atoms with van der Waals surface area (Å²) in [4.78, 5) is 12.8. The van der Waals surface area contributed by atoms with Crippen molar-refractivity contribution in [2.45, 2.75) is 25.3 Å². The molecule has 0 aliphatic carbocycles. The Morgan fingerprint density at radius 3 is 2.88 bits per heavy atom. The number of nitrogens with one attached hydrogen (secondary N) is 1. The monoisotopic (exact) mass is 273 g/mol. The summed E-state index contributed by atoms with van der Waals surface area (Å²) in [6, 6.07) is 3.80. The van der Waals surface area contributed by atoms with E-state index in [4.69, 9.17) is 0 Å².